The van der Waals surface area contributed by atoms with Crippen molar-refractivity contribution in [3.63, 3.8) is 0 Å². The fraction of sp³-hybridized carbons (Fsp3) is 0.667. The fourth-order valence-corrected chi connectivity index (χ4v) is 5.78. The molecule has 1 aromatic rings. The highest BCUT2D eigenvalue weighted by molar-refractivity contribution is 7.89. The highest BCUT2D eigenvalue weighted by Crippen LogP contribution is 2.33. The van der Waals surface area contributed by atoms with Crippen LogP contribution in [0.2, 0.25) is 0 Å². The molecule has 3 heterocycles. The van der Waals surface area contributed by atoms with Crippen LogP contribution in [-0.4, -0.2) is 76.0 Å². The molecule has 30 heavy (non-hydrogen) atoms. The van der Waals surface area contributed by atoms with Crippen LogP contribution in [0.25, 0.3) is 0 Å². The zero-order chi connectivity index (χ0) is 21.0. The lowest BCUT2D eigenvalue weighted by molar-refractivity contribution is -0.126. The van der Waals surface area contributed by atoms with Gasteiger partial charge in [-0.3, -0.25) is 4.79 Å². The van der Waals surface area contributed by atoms with Crippen molar-refractivity contribution in [2.24, 2.45) is 5.92 Å². The van der Waals surface area contributed by atoms with Gasteiger partial charge in [-0.2, -0.15) is 4.31 Å². The molecule has 1 amide bonds. The minimum atomic E-state index is -3.63. The van der Waals surface area contributed by atoms with Gasteiger partial charge in [-0.25, -0.2) is 8.42 Å². The monoisotopic (exact) mass is 437 g/mol. The van der Waals surface area contributed by atoms with Crippen molar-refractivity contribution >= 4 is 15.9 Å². The van der Waals surface area contributed by atoms with Gasteiger partial charge in [-0.15, -0.1) is 0 Å². The zero-order valence-electron chi connectivity index (χ0n) is 17.3. The van der Waals surface area contributed by atoms with Gasteiger partial charge in [0.15, 0.2) is 11.5 Å². The molecule has 2 saturated heterocycles. The predicted molar refractivity (Wildman–Crippen MR) is 112 cm³/mol. The minimum absolute atomic E-state index is 0.0434. The Morgan fingerprint density at radius 2 is 1.70 bits per heavy atom. The second-order valence-electron chi connectivity index (χ2n) is 8.18. The Labute approximate surface area is 178 Å². The van der Waals surface area contributed by atoms with Gasteiger partial charge in [0.2, 0.25) is 15.9 Å². The van der Waals surface area contributed by atoms with Crippen molar-refractivity contribution in [3.05, 3.63) is 18.2 Å². The van der Waals surface area contributed by atoms with Crippen LogP contribution >= 0.6 is 0 Å². The number of nitrogens with zero attached hydrogens (tertiary/aromatic N) is 2. The Morgan fingerprint density at radius 1 is 1.00 bits per heavy atom. The third-order valence-corrected chi connectivity index (χ3v) is 8.00. The largest absolute Gasteiger partial charge is 0.490 e. The first kappa shape index (κ1) is 21.4. The van der Waals surface area contributed by atoms with E-state index in [2.05, 4.69) is 10.2 Å². The summed E-state index contributed by atoms with van der Waals surface area (Å²) < 4.78 is 38.8. The molecule has 166 valence electrons. The van der Waals surface area contributed by atoms with Crippen LogP contribution in [0.5, 0.6) is 11.5 Å². The van der Waals surface area contributed by atoms with E-state index in [1.807, 2.05) is 0 Å². The lowest BCUT2D eigenvalue weighted by atomic mass is 9.97. The van der Waals surface area contributed by atoms with Gasteiger partial charge in [0.05, 0.1) is 18.1 Å². The van der Waals surface area contributed by atoms with E-state index in [0.29, 0.717) is 57.2 Å². The minimum Gasteiger partial charge on any atom is -0.490 e. The van der Waals surface area contributed by atoms with Crippen molar-refractivity contribution in [1.29, 1.82) is 0 Å². The summed E-state index contributed by atoms with van der Waals surface area (Å²) in [4.78, 5) is 15.0. The number of ether oxygens (including phenoxy) is 2. The third-order valence-electron chi connectivity index (χ3n) is 6.11. The van der Waals surface area contributed by atoms with Crippen LogP contribution in [0.15, 0.2) is 23.1 Å². The fourth-order valence-electron chi connectivity index (χ4n) is 4.30. The maximum absolute atomic E-state index is 13.1. The number of benzene rings is 1. The van der Waals surface area contributed by atoms with E-state index in [0.717, 1.165) is 26.1 Å². The quantitative estimate of drug-likeness (QED) is 0.725. The van der Waals surface area contributed by atoms with E-state index in [1.54, 1.807) is 18.2 Å². The maximum atomic E-state index is 13.1. The van der Waals surface area contributed by atoms with Crippen LogP contribution in [0.3, 0.4) is 0 Å². The summed E-state index contributed by atoms with van der Waals surface area (Å²) >= 11 is 0. The molecule has 1 aromatic carbocycles. The van der Waals surface area contributed by atoms with Gasteiger partial charge in [-0.05, 0) is 50.9 Å². The molecule has 0 saturated carbocycles. The number of piperidine rings is 1. The van der Waals surface area contributed by atoms with Crippen LogP contribution < -0.4 is 14.8 Å². The van der Waals surface area contributed by atoms with Crippen molar-refractivity contribution < 1.29 is 22.7 Å². The smallest absolute Gasteiger partial charge is 0.243 e. The molecule has 0 aromatic heterocycles. The average molecular weight is 438 g/mol. The predicted octanol–water partition coefficient (Wildman–Crippen LogP) is 1.46. The lowest BCUT2D eigenvalue weighted by Gasteiger charge is -2.30. The zero-order valence-corrected chi connectivity index (χ0v) is 18.2. The molecule has 4 rings (SSSR count). The van der Waals surface area contributed by atoms with Crippen LogP contribution in [0.1, 0.15) is 32.1 Å². The summed E-state index contributed by atoms with van der Waals surface area (Å²) in [5, 5.41) is 3.03. The third kappa shape index (κ3) is 4.90. The van der Waals surface area contributed by atoms with Crippen molar-refractivity contribution in [2.45, 2.75) is 37.0 Å². The number of carbonyl (C=O) groups is 1. The maximum Gasteiger partial charge on any atom is 0.243 e. The van der Waals surface area contributed by atoms with Crippen molar-refractivity contribution in [2.75, 3.05) is 52.5 Å². The Bertz CT molecular complexity index is 846. The Hall–Kier alpha value is -1.84. The normalized spacial score (nSPS) is 21.3. The number of hydrogen-bond donors (Lipinski definition) is 1. The van der Waals surface area contributed by atoms with Crippen molar-refractivity contribution in [3.8, 4) is 11.5 Å². The first-order valence-corrected chi connectivity index (χ1v) is 12.4. The molecule has 9 heteroatoms. The van der Waals surface area contributed by atoms with E-state index < -0.39 is 10.0 Å². The second-order valence-corrected chi connectivity index (χ2v) is 10.1. The van der Waals surface area contributed by atoms with Gasteiger partial charge < -0.3 is 19.7 Å². The van der Waals surface area contributed by atoms with E-state index in [9.17, 15) is 13.2 Å². The van der Waals surface area contributed by atoms with Gasteiger partial charge in [0.1, 0.15) is 0 Å². The number of fused-ring (bicyclic) bond motifs is 1. The molecule has 0 bridgehead atoms. The van der Waals surface area contributed by atoms with Gasteiger partial charge in [0.25, 0.3) is 0 Å². The Kier molecular flexibility index (Phi) is 6.80. The first-order chi connectivity index (χ1) is 14.5. The topological polar surface area (TPSA) is 88.2 Å². The molecule has 0 spiro atoms. The van der Waals surface area contributed by atoms with Gasteiger partial charge in [-0.1, -0.05) is 0 Å². The number of amides is 1. The SMILES string of the molecule is O=C(NCCN1CCCC1)C1CCN(S(=O)(=O)c2ccc3c(c2)OCCCO3)CC1. The standard InChI is InChI=1S/C21H31N3O5S/c25-21(22-8-13-23-9-1-2-10-23)17-6-11-24(12-7-17)30(26,27)18-4-5-19-20(16-18)29-15-3-14-28-19/h4-5,16-17H,1-3,6-15H2,(H,22,25). The lowest BCUT2D eigenvalue weighted by Crippen LogP contribution is -2.44. The molecule has 3 aliphatic rings. The van der Waals surface area contributed by atoms with Gasteiger partial charge >= 0.3 is 0 Å². The molecule has 0 atom stereocenters. The summed E-state index contributed by atoms with van der Waals surface area (Å²) in [6.07, 6.45) is 4.33. The summed E-state index contributed by atoms with van der Waals surface area (Å²) in [5.41, 5.74) is 0. The molecular weight excluding hydrogens is 406 g/mol. The molecule has 3 aliphatic heterocycles. The summed E-state index contributed by atoms with van der Waals surface area (Å²) in [7, 11) is -3.63. The number of nitrogens with one attached hydrogen (secondary N) is 1. The van der Waals surface area contributed by atoms with E-state index in [1.165, 1.54) is 17.1 Å². The number of rotatable bonds is 6. The summed E-state index contributed by atoms with van der Waals surface area (Å²) in [6.45, 7) is 5.55. The summed E-state index contributed by atoms with van der Waals surface area (Å²) in [6, 6.07) is 4.78. The van der Waals surface area contributed by atoms with Gasteiger partial charge in [0, 0.05) is 44.6 Å². The summed E-state index contributed by atoms with van der Waals surface area (Å²) in [5.74, 6) is 0.970. The molecule has 1 N–H and O–H groups in total. The average Bonchev–Trinajstić information content (AvgIpc) is 3.16. The van der Waals surface area contributed by atoms with Crippen LogP contribution in [0, 0.1) is 5.92 Å². The number of sulfonamides is 1. The Morgan fingerprint density at radius 3 is 2.43 bits per heavy atom. The van der Waals surface area contributed by atoms with Crippen LogP contribution in [-0.2, 0) is 14.8 Å². The number of likely N-dealkylation sites (tertiary alicyclic amines) is 1. The van der Waals surface area contributed by atoms with E-state index in [-0.39, 0.29) is 16.7 Å². The molecular formula is C21H31N3O5S. The number of hydrogen-bond acceptors (Lipinski definition) is 6. The molecule has 2 fully saturated rings. The van der Waals surface area contributed by atoms with Crippen LogP contribution in [0.4, 0.5) is 0 Å². The highest BCUT2D eigenvalue weighted by Gasteiger charge is 2.32. The molecule has 0 aliphatic carbocycles. The second kappa shape index (κ2) is 9.53. The van der Waals surface area contributed by atoms with E-state index >= 15 is 0 Å². The highest BCUT2D eigenvalue weighted by atomic mass is 32.2. The first-order valence-electron chi connectivity index (χ1n) is 10.9. The van der Waals surface area contributed by atoms with Crippen molar-refractivity contribution in [1.82, 2.24) is 14.5 Å². The van der Waals surface area contributed by atoms with E-state index in [4.69, 9.17) is 9.47 Å². The Balaban J connectivity index is 1.30. The molecule has 0 radical (unpaired) electrons. The number of carbonyl (C=O) groups excluding carboxylic acids is 1. The molecule has 8 nitrogen and oxygen atoms in total. The molecule has 0 unspecified atom stereocenters.